The maximum absolute atomic E-state index is 12.6. The van der Waals surface area contributed by atoms with Gasteiger partial charge in [-0.1, -0.05) is 48.5 Å². The third kappa shape index (κ3) is 3.43. The van der Waals surface area contributed by atoms with Gasteiger partial charge in [0, 0.05) is 12.0 Å². The van der Waals surface area contributed by atoms with E-state index in [0.29, 0.717) is 24.0 Å². The van der Waals surface area contributed by atoms with E-state index in [9.17, 15) is 4.79 Å². The zero-order valence-electron chi connectivity index (χ0n) is 12.7. The molecule has 3 rings (SSSR count). The maximum Gasteiger partial charge on any atom is 0.255 e. The third-order valence-electron chi connectivity index (χ3n) is 3.88. The monoisotopic (exact) mass is 309 g/mol. The lowest BCUT2D eigenvalue weighted by atomic mass is 10.0. The second kappa shape index (κ2) is 7.11. The van der Waals surface area contributed by atoms with Gasteiger partial charge >= 0.3 is 0 Å². The summed E-state index contributed by atoms with van der Waals surface area (Å²) >= 11 is 0. The number of carbonyl (C=O) groups excluding carboxylic acids is 1. The number of para-hydroxylation sites is 1. The highest BCUT2D eigenvalue weighted by atomic mass is 16.3. The molecule has 1 amide bonds. The molecule has 1 heterocycles. The third-order valence-corrected chi connectivity index (χ3v) is 3.88. The van der Waals surface area contributed by atoms with Crippen LogP contribution in [0.2, 0.25) is 0 Å². The van der Waals surface area contributed by atoms with Gasteiger partial charge in [-0.3, -0.25) is 4.79 Å². The Morgan fingerprint density at radius 3 is 2.61 bits per heavy atom. The van der Waals surface area contributed by atoms with E-state index in [2.05, 4.69) is 5.32 Å². The Balaban J connectivity index is 1.83. The number of benzene rings is 2. The predicted molar refractivity (Wildman–Crippen MR) is 89.2 cm³/mol. The van der Waals surface area contributed by atoms with Gasteiger partial charge in [-0.25, -0.2) is 0 Å². The number of hydrogen-bond donors (Lipinski definition) is 2. The molecule has 3 aromatic rings. The van der Waals surface area contributed by atoms with Crippen molar-refractivity contribution in [3.05, 3.63) is 72.0 Å². The molecule has 0 bridgehead atoms. The summed E-state index contributed by atoms with van der Waals surface area (Å²) in [6.45, 7) is 0.105. The summed E-state index contributed by atoms with van der Waals surface area (Å²) in [5.74, 6) is -0.165. The van der Waals surface area contributed by atoms with Crippen LogP contribution in [-0.2, 0) is 0 Å². The number of aliphatic hydroxyl groups excluding tert-OH is 1. The molecule has 118 valence electrons. The first kappa shape index (κ1) is 15.3. The van der Waals surface area contributed by atoms with Gasteiger partial charge in [-0.05, 0) is 24.5 Å². The van der Waals surface area contributed by atoms with Crippen molar-refractivity contribution in [3.8, 4) is 0 Å². The number of rotatable bonds is 6. The fourth-order valence-electron chi connectivity index (χ4n) is 2.69. The minimum absolute atomic E-state index is 0.105. The minimum Gasteiger partial charge on any atom is -0.463 e. The molecule has 0 aliphatic rings. The van der Waals surface area contributed by atoms with Gasteiger partial charge in [-0.15, -0.1) is 0 Å². The topological polar surface area (TPSA) is 62.5 Å². The lowest BCUT2D eigenvalue weighted by Crippen LogP contribution is -2.28. The smallest absolute Gasteiger partial charge is 0.255 e. The van der Waals surface area contributed by atoms with Crippen molar-refractivity contribution < 1.29 is 14.3 Å². The predicted octanol–water partition coefficient (Wildman–Crippen LogP) is 3.68. The molecule has 0 aliphatic heterocycles. The molecule has 1 atom stereocenters. The maximum atomic E-state index is 12.6. The van der Waals surface area contributed by atoms with Gasteiger partial charge < -0.3 is 14.8 Å². The van der Waals surface area contributed by atoms with E-state index in [1.807, 2.05) is 54.6 Å². The van der Waals surface area contributed by atoms with Crippen LogP contribution in [0.25, 0.3) is 11.0 Å². The fourth-order valence-corrected chi connectivity index (χ4v) is 2.69. The van der Waals surface area contributed by atoms with Crippen LogP contribution in [0.5, 0.6) is 0 Å². The van der Waals surface area contributed by atoms with Crippen molar-refractivity contribution in [1.82, 2.24) is 5.32 Å². The molecule has 0 radical (unpaired) electrons. The number of amides is 1. The summed E-state index contributed by atoms with van der Waals surface area (Å²) in [5.41, 5.74) is 2.26. The summed E-state index contributed by atoms with van der Waals surface area (Å²) in [5, 5.41) is 13.0. The standard InChI is InChI=1S/C19H19NO3/c21-12-6-10-17(14-7-2-1-3-8-14)20-19(22)16-13-23-18-11-5-4-9-15(16)18/h1-5,7-9,11,13,17,21H,6,10,12H2,(H,20,22)/t17-/m0/s1. The normalized spacial score (nSPS) is 12.2. The Labute approximate surface area is 134 Å². The molecule has 23 heavy (non-hydrogen) atoms. The summed E-state index contributed by atoms with van der Waals surface area (Å²) in [4.78, 5) is 12.6. The molecule has 1 aromatic heterocycles. The molecule has 0 saturated heterocycles. The highest BCUT2D eigenvalue weighted by molar-refractivity contribution is 6.06. The molecule has 2 N–H and O–H groups in total. The van der Waals surface area contributed by atoms with Gasteiger partial charge in [0.2, 0.25) is 0 Å². The zero-order valence-corrected chi connectivity index (χ0v) is 12.7. The van der Waals surface area contributed by atoms with E-state index in [1.54, 1.807) is 0 Å². The molecule has 0 unspecified atom stereocenters. The quantitative estimate of drug-likeness (QED) is 0.730. The summed E-state index contributed by atoms with van der Waals surface area (Å²) in [6.07, 6.45) is 2.81. The largest absolute Gasteiger partial charge is 0.463 e. The van der Waals surface area contributed by atoms with Gasteiger partial charge in [0.1, 0.15) is 11.8 Å². The second-order valence-corrected chi connectivity index (χ2v) is 5.45. The van der Waals surface area contributed by atoms with E-state index < -0.39 is 0 Å². The number of nitrogens with one attached hydrogen (secondary N) is 1. The average Bonchev–Trinajstić information content (AvgIpc) is 3.03. The van der Waals surface area contributed by atoms with E-state index in [0.717, 1.165) is 10.9 Å². The fraction of sp³-hybridized carbons (Fsp3) is 0.211. The van der Waals surface area contributed by atoms with Crippen LogP contribution in [0.4, 0.5) is 0 Å². The summed E-state index contributed by atoms with van der Waals surface area (Å²) in [7, 11) is 0. The van der Waals surface area contributed by atoms with Gasteiger partial charge in [0.05, 0.1) is 11.6 Å². The van der Waals surface area contributed by atoms with E-state index in [-0.39, 0.29) is 18.6 Å². The molecule has 4 heteroatoms. The lowest BCUT2D eigenvalue weighted by Gasteiger charge is -2.18. The average molecular weight is 309 g/mol. The SMILES string of the molecule is O=C(N[C@@H](CCCO)c1ccccc1)c1coc2ccccc12. The number of carbonyl (C=O) groups is 1. The van der Waals surface area contributed by atoms with Crippen LogP contribution in [0.15, 0.2) is 65.3 Å². The molecule has 0 fully saturated rings. The van der Waals surface area contributed by atoms with Crippen molar-refractivity contribution in [3.63, 3.8) is 0 Å². The molecule has 2 aromatic carbocycles. The minimum atomic E-state index is -0.165. The Morgan fingerprint density at radius 2 is 1.83 bits per heavy atom. The van der Waals surface area contributed by atoms with Gasteiger partial charge in [0.15, 0.2) is 0 Å². The molecule has 4 nitrogen and oxygen atoms in total. The second-order valence-electron chi connectivity index (χ2n) is 5.45. The lowest BCUT2D eigenvalue weighted by molar-refractivity contribution is 0.0933. The zero-order chi connectivity index (χ0) is 16.1. The van der Waals surface area contributed by atoms with Crippen LogP contribution in [-0.4, -0.2) is 17.6 Å². The van der Waals surface area contributed by atoms with Crippen molar-refractivity contribution in [2.75, 3.05) is 6.61 Å². The van der Waals surface area contributed by atoms with E-state index >= 15 is 0 Å². The highest BCUT2D eigenvalue weighted by Gasteiger charge is 2.18. The Bertz CT molecular complexity index is 779. The Morgan fingerprint density at radius 1 is 1.09 bits per heavy atom. The molecule has 0 aliphatic carbocycles. The van der Waals surface area contributed by atoms with Crippen LogP contribution in [0.1, 0.15) is 34.8 Å². The first-order valence-corrected chi connectivity index (χ1v) is 7.72. The summed E-state index contributed by atoms with van der Waals surface area (Å²) in [6, 6.07) is 17.1. The number of fused-ring (bicyclic) bond motifs is 1. The van der Waals surface area contributed by atoms with Crippen LogP contribution in [0.3, 0.4) is 0 Å². The van der Waals surface area contributed by atoms with Crippen molar-refractivity contribution in [1.29, 1.82) is 0 Å². The molecule has 0 saturated carbocycles. The first-order chi connectivity index (χ1) is 11.3. The van der Waals surface area contributed by atoms with Crippen LogP contribution in [0, 0.1) is 0 Å². The van der Waals surface area contributed by atoms with E-state index in [1.165, 1.54) is 6.26 Å². The van der Waals surface area contributed by atoms with Crippen LogP contribution < -0.4 is 5.32 Å². The van der Waals surface area contributed by atoms with Crippen molar-refractivity contribution in [2.24, 2.45) is 0 Å². The number of hydrogen-bond acceptors (Lipinski definition) is 3. The molecular weight excluding hydrogens is 290 g/mol. The van der Waals surface area contributed by atoms with Gasteiger partial charge in [0.25, 0.3) is 5.91 Å². The number of furan rings is 1. The number of aliphatic hydroxyl groups is 1. The highest BCUT2D eigenvalue weighted by Crippen LogP contribution is 2.23. The van der Waals surface area contributed by atoms with Crippen LogP contribution >= 0.6 is 0 Å². The molecule has 0 spiro atoms. The summed E-state index contributed by atoms with van der Waals surface area (Å²) < 4.78 is 5.44. The van der Waals surface area contributed by atoms with E-state index in [4.69, 9.17) is 9.52 Å². The van der Waals surface area contributed by atoms with Crippen molar-refractivity contribution >= 4 is 16.9 Å². The molecular formula is C19H19NO3. The first-order valence-electron chi connectivity index (χ1n) is 7.72. The Hall–Kier alpha value is -2.59. The Kier molecular flexibility index (Phi) is 4.74. The van der Waals surface area contributed by atoms with Gasteiger partial charge in [-0.2, -0.15) is 0 Å². The van der Waals surface area contributed by atoms with Crippen molar-refractivity contribution in [2.45, 2.75) is 18.9 Å².